The molecule has 2 nitrogen and oxygen atoms in total. The molecule has 0 aromatic carbocycles. The zero-order chi connectivity index (χ0) is 9.35. The number of rotatable bonds is 1. The SMILES string of the molecule is O=C(N1CC(CF)C1)C(F)(F)F. The standard InChI is InChI=1S/C6H7F4NO/c7-1-4-2-11(3-4)5(12)6(8,9)10/h4H,1-3H2. The fourth-order valence-corrected chi connectivity index (χ4v) is 1.01. The summed E-state index contributed by atoms with van der Waals surface area (Å²) in [5, 5.41) is 0. The van der Waals surface area contributed by atoms with Gasteiger partial charge in [0.1, 0.15) is 0 Å². The number of carbonyl (C=O) groups excluding carboxylic acids is 1. The van der Waals surface area contributed by atoms with Gasteiger partial charge in [0.05, 0.1) is 6.67 Å². The normalized spacial score (nSPS) is 19.2. The molecular weight excluding hydrogens is 178 g/mol. The van der Waals surface area contributed by atoms with Gasteiger partial charge in [-0.25, -0.2) is 0 Å². The molecule has 1 heterocycles. The van der Waals surface area contributed by atoms with Crippen LogP contribution in [0.1, 0.15) is 0 Å². The number of halogens is 4. The van der Waals surface area contributed by atoms with Crippen LogP contribution in [-0.2, 0) is 4.79 Å². The van der Waals surface area contributed by atoms with Gasteiger partial charge in [0.25, 0.3) is 0 Å². The zero-order valence-electron chi connectivity index (χ0n) is 6.07. The van der Waals surface area contributed by atoms with E-state index in [1.54, 1.807) is 0 Å². The van der Waals surface area contributed by atoms with Crippen molar-refractivity contribution >= 4 is 5.91 Å². The highest BCUT2D eigenvalue weighted by Crippen LogP contribution is 2.24. The Morgan fingerprint density at radius 1 is 1.42 bits per heavy atom. The van der Waals surface area contributed by atoms with Crippen LogP contribution in [0.25, 0.3) is 0 Å². The molecule has 0 unspecified atom stereocenters. The fraction of sp³-hybridized carbons (Fsp3) is 0.833. The highest BCUT2D eigenvalue weighted by Gasteiger charge is 2.46. The summed E-state index contributed by atoms with van der Waals surface area (Å²) in [6, 6.07) is 0. The van der Waals surface area contributed by atoms with Crippen molar-refractivity contribution in [1.82, 2.24) is 4.90 Å². The predicted octanol–water partition coefficient (Wildman–Crippen LogP) is 0.977. The number of carbonyl (C=O) groups is 1. The second-order valence-electron chi connectivity index (χ2n) is 2.73. The monoisotopic (exact) mass is 185 g/mol. The van der Waals surface area contributed by atoms with E-state index in [9.17, 15) is 22.4 Å². The zero-order valence-corrected chi connectivity index (χ0v) is 6.07. The van der Waals surface area contributed by atoms with Crippen LogP contribution in [0, 0.1) is 5.92 Å². The first-order chi connectivity index (χ1) is 5.45. The number of nitrogens with zero attached hydrogens (tertiary/aromatic N) is 1. The molecule has 0 bridgehead atoms. The summed E-state index contributed by atoms with van der Waals surface area (Å²) < 4.78 is 46.8. The molecule has 1 aliphatic heterocycles. The van der Waals surface area contributed by atoms with E-state index >= 15 is 0 Å². The van der Waals surface area contributed by atoms with Crippen molar-refractivity contribution in [2.75, 3.05) is 19.8 Å². The lowest BCUT2D eigenvalue weighted by atomic mass is 10.0. The molecule has 1 aliphatic rings. The summed E-state index contributed by atoms with van der Waals surface area (Å²) in [5.41, 5.74) is 0. The van der Waals surface area contributed by atoms with E-state index in [2.05, 4.69) is 0 Å². The quantitative estimate of drug-likeness (QED) is 0.557. The summed E-state index contributed by atoms with van der Waals surface area (Å²) in [6.45, 7) is -0.897. The first-order valence-electron chi connectivity index (χ1n) is 3.37. The van der Waals surface area contributed by atoms with E-state index < -0.39 is 24.7 Å². The van der Waals surface area contributed by atoms with Crippen LogP contribution in [0.5, 0.6) is 0 Å². The van der Waals surface area contributed by atoms with E-state index in [1.807, 2.05) is 0 Å². The molecular formula is C6H7F4NO. The van der Waals surface area contributed by atoms with Crippen molar-refractivity contribution in [3.05, 3.63) is 0 Å². The maximum absolute atomic E-state index is 11.8. The van der Waals surface area contributed by atoms with E-state index in [1.165, 1.54) is 0 Å². The van der Waals surface area contributed by atoms with E-state index in [0.717, 1.165) is 0 Å². The summed E-state index contributed by atoms with van der Waals surface area (Å²) in [7, 11) is 0. The van der Waals surface area contributed by atoms with Crippen molar-refractivity contribution in [3.63, 3.8) is 0 Å². The maximum Gasteiger partial charge on any atom is 0.471 e. The molecule has 0 atom stereocenters. The van der Waals surface area contributed by atoms with Gasteiger partial charge in [-0.2, -0.15) is 13.2 Å². The molecule has 0 spiro atoms. The third-order valence-electron chi connectivity index (χ3n) is 1.71. The Bertz CT molecular complexity index is 184. The topological polar surface area (TPSA) is 20.3 Å². The van der Waals surface area contributed by atoms with E-state index in [-0.39, 0.29) is 13.1 Å². The summed E-state index contributed by atoms with van der Waals surface area (Å²) >= 11 is 0. The van der Waals surface area contributed by atoms with Gasteiger partial charge in [0, 0.05) is 19.0 Å². The van der Waals surface area contributed by atoms with Gasteiger partial charge in [0.15, 0.2) is 0 Å². The van der Waals surface area contributed by atoms with Crippen LogP contribution < -0.4 is 0 Å². The minimum absolute atomic E-state index is 0.116. The van der Waals surface area contributed by atoms with Crippen molar-refractivity contribution in [2.45, 2.75) is 6.18 Å². The van der Waals surface area contributed by atoms with E-state index in [4.69, 9.17) is 0 Å². The molecule has 1 fully saturated rings. The van der Waals surface area contributed by atoms with Crippen LogP contribution >= 0.6 is 0 Å². The molecule has 0 N–H and O–H groups in total. The molecule has 1 saturated heterocycles. The van der Waals surface area contributed by atoms with Gasteiger partial charge < -0.3 is 4.90 Å². The smallest absolute Gasteiger partial charge is 0.334 e. The van der Waals surface area contributed by atoms with Crippen molar-refractivity contribution in [3.8, 4) is 0 Å². The third-order valence-corrected chi connectivity index (χ3v) is 1.71. The van der Waals surface area contributed by atoms with Gasteiger partial charge in [-0.1, -0.05) is 0 Å². The van der Waals surface area contributed by atoms with Crippen molar-refractivity contribution in [2.24, 2.45) is 5.92 Å². The third kappa shape index (κ3) is 1.67. The second kappa shape index (κ2) is 2.91. The first-order valence-corrected chi connectivity index (χ1v) is 3.37. The van der Waals surface area contributed by atoms with Crippen molar-refractivity contribution in [1.29, 1.82) is 0 Å². The Kier molecular flexibility index (Phi) is 2.25. The molecule has 1 rings (SSSR count). The Labute approximate surface area is 66.1 Å². The Morgan fingerprint density at radius 3 is 2.25 bits per heavy atom. The van der Waals surface area contributed by atoms with Crippen LogP contribution in [0.3, 0.4) is 0 Å². The highest BCUT2D eigenvalue weighted by molar-refractivity contribution is 5.82. The summed E-state index contributed by atoms with van der Waals surface area (Å²) in [6.07, 6.45) is -4.82. The molecule has 0 aromatic heterocycles. The molecule has 12 heavy (non-hydrogen) atoms. The number of hydrogen-bond donors (Lipinski definition) is 0. The Morgan fingerprint density at radius 2 is 1.92 bits per heavy atom. The summed E-state index contributed by atoms with van der Waals surface area (Å²) in [5.74, 6) is -2.27. The van der Waals surface area contributed by atoms with Gasteiger partial charge in [-0.15, -0.1) is 0 Å². The molecule has 1 amide bonds. The second-order valence-corrected chi connectivity index (χ2v) is 2.73. The van der Waals surface area contributed by atoms with Gasteiger partial charge in [-0.05, 0) is 0 Å². The Balaban J connectivity index is 2.39. The van der Waals surface area contributed by atoms with E-state index in [0.29, 0.717) is 4.90 Å². The minimum atomic E-state index is -4.82. The minimum Gasteiger partial charge on any atom is -0.334 e. The number of amides is 1. The fourth-order valence-electron chi connectivity index (χ4n) is 1.01. The van der Waals surface area contributed by atoms with Gasteiger partial charge >= 0.3 is 12.1 Å². The molecule has 0 aromatic rings. The lowest BCUT2D eigenvalue weighted by Crippen LogP contribution is -2.55. The lowest BCUT2D eigenvalue weighted by molar-refractivity contribution is -0.191. The summed E-state index contributed by atoms with van der Waals surface area (Å²) in [4.78, 5) is 11.0. The number of likely N-dealkylation sites (tertiary alicyclic amines) is 1. The molecule has 0 aliphatic carbocycles. The van der Waals surface area contributed by atoms with Crippen LogP contribution in [0.4, 0.5) is 17.6 Å². The number of alkyl halides is 4. The molecule has 70 valence electrons. The van der Waals surface area contributed by atoms with Crippen LogP contribution in [0.15, 0.2) is 0 Å². The first kappa shape index (κ1) is 9.28. The van der Waals surface area contributed by atoms with Gasteiger partial charge in [0.2, 0.25) is 0 Å². The van der Waals surface area contributed by atoms with Crippen LogP contribution in [-0.4, -0.2) is 36.7 Å². The Hall–Kier alpha value is -0.810. The molecule has 6 heteroatoms. The average Bonchev–Trinajstić information content (AvgIpc) is 1.83. The maximum atomic E-state index is 11.8. The number of hydrogen-bond acceptors (Lipinski definition) is 1. The van der Waals surface area contributed by atoms with Gasteiger partial charge in [-0.3, -0.25) is 9.18 Å². The highest BCUT2D eigenvalue weighted by atomic mass is 19.4. The van der Waals surface area contributed by atoms with Crippen molar-refractivity contribution < 1.29 is 22.4 Å². The predicted molar refractivity (Wildman–Crippen MR) is 32.1 cm³/mol. The molecule has 0 saturated carbocycles. The lowest BCUT2D eigenvalue weighted by Gasteiger charge is -2.37. The molecule has 0 radical (unpaired) electrons. The largest absolute Gasteiger partial charge is 0.471 e. The average molecular weight is 185 g/mol. The van der Waals surface area contributed by atoms with Crippen LogP contribution in [0.2, 0.25) is 0 Å².